The van der Waals surface area contributed by atoms with Crippen LogP contribution in [0.1, 0.15) is 11.6 Å². The zero-order chi connectivity index (χ0) is 21.3. The Balaban J connectivity index is 1.58. The Morgan fingerprint density at radius 3 is 2.30 bits per heavy atom. The van der Waals surface area contributed by atoms with Crippen LogP contribution in [-0.4, -0.2) is 71.5 Å². The van der Waals surface area contributed by atoms with Gasteiger partial charge in [-0.15, -0.1) is 0 Å². The molecule has 1 fully saturated rings. The van der Waals surface area contributed by atoms with Crippen LogP contribution in [0.2, 0.25) is 0 Å². The molecule has 0 unspecified atom stereocenters. The third-order valence-corrected chi connectivity index (χ3v) is 5.20. The maximum atomic E-state index is 12.4. The van der Waals surface area contributed by atoms with E-state index in [0.29, 0.717) is 25.5 Å². The smallest absolute Gasteiger partial charge is 0.258 e. The first-order chi connectivity index (χ1) is 14.6. The van der Waals surface area contributed by atoms with Gasteiger partial charge in [-0.05, 0) is 42.0 Å². The number of ether oxygens (including phenoxy) is 3. The van der Waals surface area contributed by atoms with E-state index in [2.05, 4.69) is 39.4 Å². The van der Waals surface area contributed by atoms with Crippen LogP contribution in [-0.2, 0) is 9.53 Å². The van der Waals surface area contributed by atoms with Gasteiger partial charge in [0.15, 0.2) is 6.61 Å². The molecule has 1 heterocycles. The quantitative estimate of drug-likeness (QED) is 0.681. The number of hydrogen-bond acceptors (Lipinski definition) is 6. The molecule has 7 nitrogen and oxygen atoms in total. The maximum Gasteiger partial charge on any atom is 0.258 e. The fourth-order valence-electron chi connectivity index (χ4n) is 3.42. The van der Waals surface area contributed by atoms with Gasteiger partial charge in [0.1, 0.15) is 11.5 Å². The topological polar surface area (TPSA) is 63.3 Å². The molecule has 0 aromatic heterocycles. The van der Waals surface area contributed by atoms with E-state index in [0.717, 1.165) is 24.5 Å². The van der Waals surface area contributed by atoms with Gasteiger partial charge in [-0.2, -0.15) is 0 Å². The summed E-state index contributed by atoms with van der Waals surface area (Å²) in [5.74, 6) is 1.24. The summed E-state index contributed by atoms with van der Waals surface area (Å²) in [6.45, 7) is 3.60. The Kier molecular flexibility index (Phi) is 7.93. The third-order valence-electron chi connectivity index (χ3n) is 5.20. The normalized spacial score (nSPS) is 15.3. The molecular weight excluding hydrogens is 382 g/mol. The van der Waals surface area contributed by atoms with Crippen LogP contribution in [0.5, 0.6) is 11.5 Å². The number of carbonyl (C=O) groups excluding carboxylic acids is 1. The average molecular weight is 414 g/mol. The standard InChI is InChI=1S/C23H31N3O4/c1-25(2)19-6-4-18(5-7-19)22(26-12-14-29-15-13-26)16-24-23(27)17-30-21-10-8-20(28-3)9-11-21/h4-11,22H,12-17H2,1-3H3,(H,24,27)/t22-/m1/s1. The molecule has 0 bridgehead atoms. The van der Waals surface area contributed by atoms with Crippen molar-refractivity contribution in [1.82, 2.24) is 10.2 Å². The molecule has 7 heteroatoms. The molecule has 1 aliphatic rings. The van der Waals surface area contributed by atoms with Crippen molar-refractivity contribution in [3.05, 3.63) is 54.1 Å². The third kappa shape index (κ3) is 6.11. The highest BCUT2D eigenvalue weighted by Gasteiger charge is 2.23. The average Bonchev–Trinajstić information content (AvgIpc) is 2.79. The number of nitrogens with one attached hydrogen (secondary N) is 1. The van der Waals surface area contributed by atoms with Crippen molar-refractivity contribution in [3.63, 3.8) is 0 Å². The number of methoxy groups -OCH3 is 1. The van der Waals surface area contributed by atoms with Gasteiger partial charge in [0.25, 0.3) is 5.91 Å². The lowest BCUT2D eigenvalue weighted by molar-refractivity contribution is -0.123. The number of hydrogen-bond donors (Lipinski definition) is 1. The first-order valence-corrected chi connectivity index (χ1v) is 10.2. The number of nitrogens with zero attached hydrogens (tertiary/aromatic N) is 2. The van der Waals surface area contributed by atoms with E-state index in [9.17, 15) is 4.79 Å². The first-order valence-electron chi connectivity index (χ1n) is 10.2. The molecule has 2 aromatic rings. The summed E-state index contributed by atoms with van der Waals surface area (Å²) in [5, 5.41) is 3.03. The lowest BCUT2D eigenvalue weighted by atomic mass is 10.0. The van der Waals surface area contributed by atoms with Gasteiger partial charge in [0, 0.05) is 39.4 Å². The van der Waals surface area contributed by atoms with Gasteiger partial charge in [0.05, 0.1) is 26.4 Å². The van der Waals surface area contributed by atoms with Gasteiger partial charge in [-0.25, -0.2) is 0 Å². The Labute approximate surface area is 178 Å². The molecular formula is C23H31N3O4. The lowest BCUT2D eigenvalue weighted by Crippen LogP contribution is -2.44. The number of carbonyl (C=O) groups is 1. The minimum atomic E-state index is -0.144. The van der Waals surface area contributed by atoms with E-state index in [4.69, 9.17) is 14.2 Å². The van der Waals surface area contributed by atoms with E-state index in [1.807, 2.05) is 14.1 Å². The minimum absolute atomic E-state index is 0.0261. The summed E-state index contributed by atoms with van der Waals surface area (Å²) in [6.07, 6.45) is 0. The summed E-state index contributed by atoms with van der Waals surface area (Å²) in [5.41, 5.74) is 2.33. The van der Waals surface area contributed by atoms with E-state index in [-0.39, 0.29) is 18.6 Å². The van der Waals surface area contributed by atoms with Gasteiger partial charge in [-0.1, -0.05) is 12.1 Å². The Hall–Kier alpha value is -2.77. The molecule has 0 aliphatic carbocycles. The van der Waals surface area contributed by atoms with Crippen molar-refractivity contribution >= 4 is 11.6 Å². The minimum Gasteiger partial charge on any atom is -0.497 e. The predicted octanol–water partition coefficient (Wildman–Crippen LogP) is 2.33. The van der Waals surface area contributed by atoms with Crippen molar-refractivity contribution in [2.75, 3.05) is 65.6 Å². The van der Waals surface area contributed by atoms with Crippen LogP contribution >= 0.6 is 0 Å². The largest absolute Gasteiger partial charge is 0.497 e. The van der Waals surface area contributed by atoms with Crippen LogP contribution < -0.4 is 19.7 Å². The zero-order valence-corrected chi connectivity index (χ0v) is 18.0. The fourth-order valence-corrected chi connectivity index (χ4v) is 3.42. The molecule has 30 heavy (non-hydrogen) atoms. The second-order valence-electron chi connectivity index (χ2n) is 7.42. The zero-order valence-electron chi connectivity index (χ0n) is 18.0. The first kappa shape index (κ1) is 21.9. The summed E-state index contributed by atoms with van der Waals surface area (Å²) < 4.78 is 16.2. The van der Waals surface area contributed by atoms with Gasteiger partial charge >= 0.3 is 0 Å². The number of benzene rings is 2. The van der Waals surface area contributed by atoms with E-state index >= 15 is 0 Å². The van der Waals surface area contributed by atoms with Crippen molar-refractivity contribution in [1.29, 1.82) is 0 Å². The fraction of sp³-hybridized carbons (Fsp3) is 0.435. The second-order valence-corrected chi connectivity index (χ2v) is 7.42. The van der Waals surface area contributed by atoms with E-state index < -0.39 is 0 Å². The van der Waals surface area contributed by atoms with Gasteiger partial charge in [-0.3, -0.25) is 9.69 Å². The van der Waals surface area contributed by atoms with Crippen molar-refractivity contribution in [2.24, 2.45) is 0 Å². The van der Waals surface area contributed by atoms with Crippen LogP contribution in [0.25, 0.3) is 0 Å². The molecule has 1 atom stereocenters. The van der Waals surface area contributed by atoms with E-state index in [1.54, 1.807) is 31.4 Å². The molecule has 1 aliphatic heterocycles. The van der Waals surface area contributed by atoms with Crippen LogP contribution in [0, 0.1) is 0 Å². The monoisotopic (exact) mass is 413 g/mol. The maximum absolute atomic E-state index is 12.4. The highest BCUT2D eigenvalue weighted by molar-refractivity contribution is 5.77. The molecule has 1 saturated heterocycles. The molecule has 162 valence electrons. The molecule has 0 radical (unpaired) electrons. The summed E-state index contributed by atoms with van der Waals surface area (Å²) >= 11 is 0. The summed E-state index contributed by atoms with van der Waals surface area (Å²) in [7, 11) is 5.66. The molecule has 0 spiro atoms. The van der Waals surface area contributed by atoms with Gasteiger partial charge < -0.3 is 24.4 Å². The highest BCUT2D eigenvalue weighted by Crippen LogP contribution is 2.24. The SMILES string of the molecule is COc1ccc(OCC(=O)NC[C@H](c2ccc(N(C)C)cc2)N2CCOCC2)cc1. The van der Waals surface area contributed by atoms with Crippen LogP contribution in [0.3, 0.4) is 0 Å². The van der Waals surface area contributed by atoms with Crippen molar-refractivity contribution in [3.8, 4) is 11.5 Å². The Morgan fingerprint density at radius 1 is 1.07 bits per heavy atom. The predicted molar refractivity (Wildman–Crippen MR) is 117 cm³/mol. The highest BCUT2D eigenvalue weighted by atomic mass is 16.5. The van der Waals surface area contributed by atoms with Crippen LogP contribution in [0.15, 0.2) is 48.5 Å². The Morgan fingerprint density at radius 2 is 1.70 bits per heavy atom. The summed E-state index contributed by atoms with van der Waals surface area (Å²) in [6, 6.07) is 15.8. The summed E-state index contributed by atoms with van der Waals surface area (Å²) in [4.78, 5) is 16.8. The number of anilines is 1. The van der Waals surface area contributed by atoms with Crippen molar-refractivity contribution in [2.45, 2.75) is 6.04 Å². The van der Waals surface area contributed by atoms with Crippen LogP contribution in [0.4, 0.5) is 5.69 Å². The Bertz CT molecular complexity index is 787. The molecule has 0 saturated carbocycles. The second kappa shape index (κ2) is 10.8. The molecule has 1 N–H and O–H groups in total. The van der Waals surface area contributed by atoms with E-state index in [1.165, 1.54) is 5.56 Å². The molecule has 3 rings (SSSR count). The van der Waals surface area contributed by atoms with Crippen molar-refractivity contribution < 1.29 is 19.0 Å². The molecule has 1 amide bonds. The number of amides is 1. The van der Waals surface area contributed by atoms with Gasteiger partial charge in [0.2, 0.25) is 0 Å². The molecule has 2 aromatic carbocycles. The number of rotatable bonds is 9. The number of morpholine rings is 1. The lowest BCUT2D eigenvalue weighted by Gasteiger charge is -2.35.